The van der Waals surface area contributed by atoms with Crippen molar-refractivity contribution in [3.05, 3.63) is 35.7 Å². The molecule has 2 rings (SSSR count). The fourth-order valence-electron chi connectivity index (χ4n) is 1.37. The number of nitrogens with zero attached hydrogens (tertiary/aromatic N) is 2. The van der Waals surface area contributed by atoms with Crippen LogP contribution in [0.15, 0.2) is 22.7 Å². The minimum atomic E-state index is -0.415. The number of hydrogen-bond acceptors (Lipinski definition) is 5. The summed E-state index contributed by atoms with van der Waals surface area (Å²) in [7, 11) is 1.42. The first-order valence-corrected chi connectivity index (χ1v) is 5.05. The van der Waals surface area contributed by atoms with Gasteiger partial charge in [-0.1, -0.05) is 5.16 Å². The van der Waals surface area contributed by atoms with Gasteiger partial charge in [0.25, 0.3) is 0 Å². The first kappa shape index (κ1) is 11.4. The Morgan fingerprint density at radius 1 is 1.47 bits per heavy atom. The number of hydrogen-bond donors (Lipinski definition) is 1. The van der Waals surface area contributed by atoms with Crippen molar-refractivity contribution in [3.8, 4) is 5.75 Å². The van der Waals surface area contributed by atoms with Crippen LogP contribution in [-0.4, -0.2) is 17.3 Å². The molecule has 0 aliphatic carbocycles. The van der Waals surface area contributed by atoms with Crippen molar-refractivity contribution in [2.24, 2.45) is 0 Å². The highest BCUT2D eigenvalue weighted by Gasteiger charge is 2.05. The molecule has 0 saturated heterocycles. The van der Waals surface area contributed by atoms with Gasteiger partial charge < -0.3 is 14.6 Å². The summed E-state index contributed by atoms with van der Waals surface area (Å²) in [4.78, 5) is 4.02. The van der Waals surface area contributed by atoms with Crippen LogP contribution in [0.3, 0.4) is 0 Å². The summed E-state index contributed by atoms with van der Waals surface area (Å²) in [5.74, 6) is 0.828. The topological polar surface area (TPSA) is 60.2 Å². The summed E-state index contributed by atoms with van der Waals surface area (Å²) in [6.07, 6.45) is 0. The lowest BCUT2D eigenvalue weighted by Crippen LogP contribution is -2.01. The molecule has 0 aliphatic heterocycles. The van der Waals surface area contributed by atoms with Crippen LogP contribution in [0.1, 0.15) is 11.7 Å². The second kappa shape index (κ2) is 4.82. The van der Waals surface area contributed by atoms with Gasteiger partial charge in [0, 0.05) is 18.7 Å². The Kier molecular flexibility index (Phi) is 3.22. The van der Waals surface area contributed by atoms with E-state index in [-0.39, 0.29) is 5.75 Å². The third kappa shape index (κ3) is 2.72. The molecule has 1 heterocycles. The summed E-state index contributed by atoms with van der Waals surface area (Å²) in [6.45, 7) is 2.09. The number of nitrogens with one attached hydrogen (secondary N) is 1. The zero-order chi connectivity index (χ0) is 12.3. The molecule has 0 bridgehead atoms. The maximum atomic E-state index is 13.4. The van der Waals surface area contributed by atoms with Crippen molar-refractivity contribution in [1.29, 1.82) is 0 Å². The molecular formula is C11H12FN3O2. The highest BCUT2D eigenvalue weighted by molar-refractivity contribution is 5.47. The SMILES string of the molecule is COc1ccc(NCc2noc(C)n2)cc1F. The van der Waals surface area contributed by atoms with Crippen LogP contribution < -0.4 is 10.1 Å². The smallest absolute Gasteiger partial charge is 0.223 e. The number of ether oxygens (including phenoxy) is 1. The molecule has 5 nitrogen and oxygen atoms in total. The van der Waals surface area contributed by atoms with Crippen LogP contribution in [0.2, 0.25) is 0 Å². The molecule has 0 atom stereocenters. The molecule has 90 valence electrons. The van der Waals surface area contributed by atoms with Gasteiger partial charge in [0.05, 0.1) is 13.7 Å². The Morgan fingerprint density at radius 3 is 2.88 bits per heavy atom. The average Bonchev–Trinajstić information content (AvgIpc) is 2.73. The highest BCUT2D eigenvalue weighted by Crippen LogP contribution is 2.20. The normalized spacial score (nSPS) is 10.3. The number of anilines is 1. The van der Waals surface area contributed by atoms with Crippen molar-refractivity contribution >= 4 is 5.69 Å². The highest BCUT2D eigenvalue weighted by atomic mass is 19.1. The number of benzene rings is 1. The van der Waals surface area contributed by atoms with Crippen LogP contribution in [0.5, 0.6) is 5.75 Å². The second-order valence-corrected chi connectivity index (χ2v) is 3.43. The minimum Gasteiger partial charge on any atom is -0.494 e. The van der Waals surface area contributed by atoms with Crippen molar-refractivity contribution in [1.82, 2.24) is 10.1 Å². The van der Waals surface area contributed by atoms with E-state index in [1.165, 1.54) is 13.2 Å². The van der Waals surface area contributed by atoms with Gasteiger partial charge in [-0.15, -0.1) is 0 Å². The molecule has 1 aromatic heterocycles. The number of aryl methyl sites for hydroxylation is 1. The fraction of sp³-hybridized carbons (Fsp3) is 0.273. The molecular weight excluding hydrogens is 225 g/mol. The Labute approximate surface area is 97.6 Å². The molecule has 1 N–H and O–H groups in total. The van der Waals surface area contributed by atoms with Gasteiger partial charge in [0.1, 0.15) is 0 Å². The summed E-state index contributed by atoms with van der Waals surface area (Å²) in [5, 5.41) is 6.71. The van der Waals surface area contributed by atoms with E-state index in [1.807, 2.05) is 0 Å². The fourth-order valence-corrected chi connectivity index (χ4v) is 1.37. The molecule has 6 heteroatoms. The Morgan fingerprint density at radius 2 is 2.29 bits per heavy atom. The van der Waals surface area contributed by atoms with Gasteiger partial charge in [-0.05, 0) is 12.1 Å². The van der Waals surface area contributed by atoms with E-state index >= 15 is 0 Å². The largest absolute Gasteiger partial charge is 0.494 e. The average molecular weight is 237 g/mol. The lowest BCUT2D eigenvalue weighted by atomic mass is 10.3. The summed E-state index contributed by atoms with van der Waals surface area (Å²) in [6, 6.07) is 4.62. The zero-order valence-electron chi connectivity index (χ0n) is 9.53. The Balaban J connectivity index is 2.02. The minimum absolute atomic E-state index is 0.214. The van der Waals surface area contributed by atoms with E-state index in [9.17, 15) is 4.39 Å². The molecule has 0 amide bonds. The number of methoxy groups -OCH3 is 1. The van der Waals surface area contributed by atoms with E-state index in [1.54, 1.807) is 19.1 Å². The van der Waals surface area contributed by atoms with Gasteiger partial charge in [0.2, 0.25) is 5.89 Å². The zero-order valence-corrected chi connectivity index (χ0v) is 9.53. The lowest BCUT2D eigenvalue weighted by Gasteiger charge is -2.06. The molecule has 0 unspecified atom stereocenters. The molecule has 0 aliphatic rings. The summed E-state index contributed by atoms with van der Waals surface area (Å²) in [5.41, 5.74) is 0.630. The van der Waals surface area contributed by atoms with Gasteiger partial charge >= 0.3 is 0 Å². The van der Waals surface area contributed by atoms with Crippen molar-refractivity contribution < 1.29 is 13.7 Å². The third-order valence-electron chi connectivity index (χ3n) is 2.17. The molecule has 1 aromatic carbocycles. The molecule has 17 heavy (non-hydrogen) atoms. The second-order valence-electron chi connectivity index (χ2n) is 3.43. The molecule has 2 aromatic rings. The number of rotatable bonds is 4. The predicted octanol–water partition coefficient (Wildman–Crippen LogP) is 2.14. The van der Waals surface area contributed by atoms with Crippen LogP contribution in [-0.2, 0) is 6.54 Å². The Bertz CT molecular complexity index is 513. The van der Waals surface area contributed by atoms with E-state index in [4.69, 9.17) is 9.26 Å². The quantitative estimate of drug-likeness (QED) is 0.882. The maximum Gasteiger partial charge on any atom is 0.223 e. The Hall–Kier alpha value is -2.11. The van der Waals surface area contributed by atoms with Crippen molar-refractivity contribution in [2.45, 2.75) is 13.5 Å². The third-order valence-corrected chi connectivity index (χ3v) is 2.17. The molecule has 0 spiro atoms. The summed E-state index contributed by atoms with van der Waals surface area (Å²) < 4.78 is 23.0. The van der Waals surface area contributed by atoms with Crippen molar-refractivity contribution in [3.63, 3.8) is 0 Å². The lowest BCUT2D eigenvalue weighted by molar-refractivity contribution is 0.386. The molecule has 0 radical (unpaired) electrons. The maximum absolute atomic E-state index is 13.4. The van der Waals surface area contributed by atoms with E-state index in [0.29, 0.717) is 23.9 Å². The van der Waals surface area contributed by atoms with Crippen LogP contribution in [0, 0.1) is 12.7 Å². The first-order valence-electron chi connectivity index (χ1n) is 5.05. The molecule has 0 fully saturated rings. The first-order chi connectivity index (χ1) is 8.19. The molecule has 0 saturated carbocycles. The monoisotopic (exact) mass is 237 g/mol. The van der Waals surface area contributed by atoms with E-state index < -0.39 is 5.82 Å². The van der Waals surface area contributed by atoms with Gasteiger partial charge in [-0.2, -0.15) is 4.98 Å². The van der Waals surface area contributed by atoms with E-state index in [0.717, 1.165) is 0 Å². The van der Waals surface area contributed by atoms with Crippen molar-refractivity contribution in [2.75, 3.05) is 12.4 Å². The van der Waals surface area contributed by atoms with Crippen LogP contribution in [0.25, 0.3) is 0 Å². The standard InChI is InChI=1S/C11H12FN3O2/c1-7-14-11(15-17-7)6-13-8-3-4-10(16-2)9(12)5-8/h3-5,13H,6H2,1-2H3. The van der Waals surface area contributed by atoms with Gasteiger partial charge in [-0.3, -0.25) is 0 Å². The van der Waals surface area contributed by atoms with E-state index in [2.05, 4.69) is 15.5 Å². The number of halogens is 1. The summed E-state index contributed by atoms with van der Waals surface area (Å²) >= 11 is 0. The number of aromatic nitrogens is 2. The predicted molar refractivity (Wildman–Crippen MR) is 59.3 cm³/mol. The van der Waals surface area contributed by atoms with Gasteiger partial charge in [0.15, 0.2) is 17.4 Å². The van der Waals surface area contributed by atoms with Crippen LogP contribution >= 0.6 is 0 Å². The van der Waals surface area contributed by atoms with Crippen LogP contribution in [0.4, 0.5) is 10.1 Å². The van der Waals surface area contributed by atoms with Gasteiger partial charge in [-0.25, -0.2) is 4.39 Å².